The molecule has 1 aromatic rings. The molecule has 0 spiro atoms. The minimum absolute atomic E-state index is 0.317. The molecular weight excluding hydrogens is 267 g/mol. The Labute approximate surface area is 113 Å². The summed E-state index contributed by atoms with van der Waals surface area (Å²) in [5.74, 6) is 0. The fraction of sp³-hybridized carbons (Fsp3) is 0.538. The van der Waals surface area contributed by atoms with Crippen LogP contribution >= 0.6 is 7.60 Å². The zero-order chi connectivity index (χ0) is 13.7. The molecule has 1 saturated heterocycles. The quantitative estimate of drug-likeness (QED) is 0.752. The summed E-state index contributed by atoms with van der Waals surface area (Å²) >= 11 is 0. The second-order valence-electron chi connectivity index (χ2n) is 3.97. The number of hydrogen-bond acceptors (Lipinski definition) is 5. The molecule has 0 unspecified atom stereocenters. The highest BCUT2D eigenvalue weighted by Crippen LogP contribution is 2.48. The van der Waals surface area contributed by atoms with Crippen LogP contribution in [0.2, 0.25) is 0 Å². The Hall–Kier alpha value is -0.710. The van der Waals surface area contributed by atoms with Crippen LogP contribution in [-0.2, 0) is 23.1 Å². The monoisotopic (exact) mass is 286 g/mol. The van der Waals surface area contributed by atoms with Crippen molar-refractivity contribution in [1.29, 1.82) is 0 Å². The van der Waals surface area contributed by atoms with Crippen molar-refractivity contribution in [3.8, 4) is 0 Å². The van der Waals surface area contributed by atoms with Gasteiger partial charge in [0.2, 0.25) is 0 Å². The Morgan fingerprint density at radius 2 is 1.74 bits per heavy atom. The molecule has 106 valence electrons. The van der Waals surface area contributed by atoms with Crippen molar-refractivity contribution in [2.24, 2.45) is 0 Å². The van der Waals surface area contributed by atoms with E-state index in [0.29, 0.717) is 37.3 Å². The topological polar surface area (TPSA) is 54.0 Å². The van der Waals surface area contributed by atoms with E-state index in [1.807, 2.05) is 12.1 Å². The van der Waals surface area contributed by atoms with Crippen molar-refractivity contribution in [1.82, 2.24) is 0 Å². The summed E-state index contributed by atoms with van der Waals surface area (Å²) in [5, 5.41) is 0.519. The highest BCUT2D eigenvalue weighted by Gasteiger charge is 2.33. The zero-order valence-electron chi connectivity index (χ0n) is 11.2. The average Bonchev–Trinajstić information content (AvgIpc) is 2.93. The summed E-state index contributed by atoms with van der Waals surface area (Å²) < 4.78 is 34.5. The van der Waals surface area contributed by atoms with E-state index in [0.717, 1.165) is 0 Å². The molecule has 0 aromatic heterocycles. The molecular formula is C13H19O5P. The molecule has 1 aliphatic rings. The van der Waals surface area contributed by atoms with Crippen LogP contribution in [0.15, 0.2) is 24.3 Å². The predicted molar refractivity (Wildman–Crippen MR) is 71.6 cm³/mol. The average molecular weight is 286 g/mol. The van der Waals surface area contributed by atoms with E-state index in [1.54, 1.807) is 26.0 Å². The van der Waals surface area contributed by atoms with Crippen molar-refractivity contribution in [2.45, 2.75) is 20.1 Å². The minimum atomic E-state index is -3.32. The molecule has 1 fully saturated rings. The third-order valence-electron chi connectivity index (χ3n) is 2.71. The van der Waals surface area contributed by atoms with Crippen LogP contribution in [0.3, 0.4) is 0 Å². The smallest absolute Gasteiger partial charge is 0.346 e. The molecule has 6 heteroatoms. The highest BCUT2D eigenvalue weighted by molar-refractivity contribution is 7.62. The molecule has 1 aliphatic heterocycles. The molecule has 0 aliphatic carbocycles. The van der Waals surface area contributed by atoms with E-state index in [1.165, 1.54) is 0 Å². The van der Waals surface area contributed by atoms with E-state index in [4.69, 9.17) is 18.5 Å². The largest absolute Gasteiger partial charge is 0.361 e. The molecule has 2 rings (SSSR count). The minimum Gasteiger partial charge on any atom is -0.346 e. The lowest BCUT2D eigenvalue weighted by atomic mass is 10.2. The molecule has 0 atom stereocenters. The number of rotatable bonds is 6. The molecule has 0 N–H and O–H groups in total. The van der Waals surface area contributed by atoms with Crippen LogP contribution in [0.25, 0.3) is 0 Å². The second-order valence-corrected chi connectivity index (χ2v) is 5.96. The van der Waals surface area contributed by atoms with E-state index in [-0.39, 0.29) is 0 Å². The van der Waals surface area contributed by atoms with Gasteiger partial charge in [-0.1, -0.05) is 18.2 Å². The van der Waals surface area contributed by atoms with Gasteiger partial charge in [-0.15, -0.1) is 0 Å². The normalized spacial score (nSPS) is 16.9. The first kappa shape index (κ1) is 14.7. The van der Waals surface area contributed by atoms with Crippen molar-refractivity contribution < 1.29 is 23.1 Å². The van der Waals surface area contributed by atoms with E-state index < -0.39 is 13.9 Å². The molecule has 19 heavy (non-hydrogen) atoms. The van der Waals surface area contributed by atoms with Crippen LogP contribution in [0.4, 0.5) is 0 Å². The fourth-order valence-corrected chi connectivity index (χ4v) is 3.79. The Kier molecular flexibility index (Phi) is 5.13. The van der Waals surface area contributed by atoms with E-state index in [2.05, 4.69) is 0 Å². The Morgan fingerprint density at radius 1 is 1.16 bits per heavy atom. The van der Waals surface area contributed by atoms with Crippen molar-refractivity contribution >= 4 is 12.9 Å². The van der Waals surface area contributed by atoms with E-state index in [9.17, 15) is 4.57 Å². The Morgan fingerprint density at radius 3 is 2.32 bits per heavy atom. The lowest BCUT2D eigenvalue weighted by molar-refractivity contribution is -0.0435. The maximum absolute atomic E-state index is 12.8. The van der Waals surface area contributed by atoms with Gasteiger partial charge in [0.1, 0.15) is 0 Å². The van der Waals surface area contributed by atoms with Gasteiger partial charge in [-0.3, -0.25) is 4.57 Å². The van der Waals surface area contributed by atoms with Crippen molar-refractivity contribution in [2.75, 3.05) is 26.4 Å². The fourth-order valence-electron chi connectivity index (χ4n) is 1.99. The molecule has 1 heterocycles. The first-order valence-corrected chi connectivity index (χ1v) is 7.97. The summed E-state index contributed by atoms with van der Waals surface area (Å²) in [6.45, 7) is 5.28. The molecule has 0 amide bonds. The second kappa shape index (κ2) is 6.64. The molecule has 0 saturated carbocycles. The maximum atomic E-state index is 12.8. The first-order chi connectivity index (χ1) is 9.21. The maximum Gasteiger partial charge on any atom is 0.361 e. The highest BCUT2D eigenvalue weighted by atomic mass is 31.2. The van der Waals surface area contributed by atoms with Gasteiger partial charge in [0.15, 0.2) is 6.29 Å². The summed E-state index contributed by atoms with van der Waals surface area (Å²) in [6, 6.07) is 7.23. The molecule has 1 aromatic carbocycles. The van der Waals surface area contributed by atoms with Crippen LogP contribution in [0, 0.1) is 0 Å². The number of hydrogen-bond donors (Lipinski definition) is 0. The van der Waals surface area contributed by atoms with Crippen molar-refractivity contribution in [3.63, 3.8) is 0 Å². The third kappa shape index (κ3) is 3.25. The third-order valence-corrected chi connectivity index (χ3v) is 4.90. The lowest BCUT2D eigenvalue weighted by Crippen LogP contribution is -2.18. The Balaban J connectivity index is 2.38. The van der Waals surface area contributed by atoms with Crippen molar-refractivity contribution in [3.05, 3.63) is 29.8 Å². The zero-order valence-corrected chi connectivity index (χ0v) is 12.1. The van der Waals surface area contributed by atoms with Gasteiger partial charge in [0, 0.05) is 5.56 Å². The SMILES string of the molecule is CCOP(=O)(OCC)c1ccccc1C1OCCO1. The van der Waals surface area contributed by atoms with Crippen LogP contribution in [0.5, 0.6) is 0 Å². The Bertz CT molecular complexity index is 446. The van der Waals surface area contributed by atoms with Gasteiger partial charge in [0.05, 0.1) is 31.7 Å². The van der Waals surface area contributed by atoms with Gasteiger partial charge in [-0.2, -0.15) is 0 Å². The summed E-state index contributed by atoms with van der Waals surface area (Å²) in [7, 11) is -3.32. The van der Waals surface area contributed by atoms with Gasteiger partial charge in [-0.25, -0.2) is 0 Å². The summed E-state index contributed by atoms with van der Waals surface area (Å²) in [5.41, 5.74) is 0.713. The number of ether oxygens (including phenoxy) is 2. The van der Waals surface area contributed by atoms with Gasteiger partial charge in [0.25, 0.3) is 0 Å². The van der Waals surface area contributed by atoms with Crippen LogP contribution < -0.4 is 5.30 Å². The molecule has 5 nitrogen and oxygen atoms in total. The molecule has 0 radical (unpaired) electrons. The summed E-state index contributed by atoms with van der Waals surface area (Å²) in [4.78, 5) is 0. The van der Waals surface area contributed by atoms with Crippen LogP contribution in [-0.4, -0.2) is 26.4 Å². The van der Waals surface area contributed by atoms with Gasteiger partial charge < -0.3 is 18.5 Å². The van der Waals surface area contributed by atoms with Crippen LogP contribution in [0.1, 0.15) is 25.7 Å². The van der Waals surface area contributed by atoms with Gasteiger partial charge in [-0.05, 0) is 19.9 Å². The first-order valence-electron chi connectivity index (χ1n) is 6.43. The lowest BCUT2D eigenvalue weighted by Gasteiger charge is -2.21. The van der Waals surface area contributed by atoms with Gasteiger partial charge >= 0.3 is 7.60 Å². The predicted octanol–water partition coefficient (Wildman–Crippen LogP) is 2.62. The number of benzene rings is 1. The molecule has 0 bridgehead atoms. The summed E-state index contributed by atoms with van der Waals surface area (Å²) in [6.07, 6.45) is -0.495. The van der Waals surface area contributed by atoms with E-state index >= 15 is 0 Å². The standard InChI is InChI=1S/C13H19O5P/c1-3-17-19(14,18-4-2)12-8-6-5-7-11(12)13-15-9-10-16-13/h5-8,13H,3-4,9-10H2,1-2H3.